The van der Waals surface area contributed by atoms with Gasteiger partial charge in [-0.05, 0) is 36.4 Å². The molecule has 0 unspecified atom stereocenters. The molecule has 0 bridgehead atoms. The number of hydrogen-bond donors (Lipinski definition) is 3. The number of amides is 1. The molecule has 0 atom stereocenters. The molecule has 0 saturated heterocycles. The van der Waals surface area contributed by atoms with E-state index in [1.54, 1.807) is 36.7 Å². The molecule has 0 fully saturated rings. The molecule has 0 aliphatic rings. The van der Waals surface area contributed by atoms with Crippen molar-refractivity contribution in [2.24, 2.45) is 5.84 Å². The van der Waals surface area contributed by atoms with Crippen molar-refractivity contribution in [3.8, 4) is 0 Å². The summed E-state index contributed by atoms with van der Waals surface area (Å²) in [7, 11) is 0. The summed E-state index contributed by atoms with van der Waals surface area (Å²) < 4.78 is 0. The quantitative estimate of drug-likeness (QED) is 0.508. The lowest BCUT2D eigenvalue weighted by atomic mass is 10.1. The van der Waals surface area contributed by atoms with Crippen LogP contribution in [0.3, 0.4) is 0 Å². The summed E-state index contributed by atoms with van der Waals surface area (Å²) in [4.78, 5) is 16.4. The van der Waals surface area contributed by atoms with Crippen molar-refractivity contribution in [2.75, 3.05) is 10.7 Å². The molecule has 0 spiro atoms. The van der Waals surface area contributed by atoms with E-state index in [0.717, 1.165) is 22.1 Å². The molecule has 104 valence electrons. The number of carbonyl (C=O) groups is 1. The van der Waals surface area contributed by atoms with E-state index in [-0.39, 0.29) is 5.91 Å². The smallest absolute Gasteiger partial charge is 0.255 e. The molecule has 5 nitrogen and oxygen atoms in total. The molecule has 2 aromatic carbocycles. The van der Waals surface area contributed by atoms with Crippen LogP contribution < -0.4 is 16.6 Å². The van der Waals surface area contributed by atoms with E-state index in [0.29, 0.717) is 5.56 Å². The van der Waals surface area contributed by atoms with E-state index < -0.39 is 0 Å². The van der Waals surface area contributed by atoms with Crippen LogP contribution in [0.4, 0.5) is 11.4 Å². The van der Waals surface area contributed by atoms with Crippen molar-refractivity contribution < 1.29 is 4.79 Å². The first kappa shape index (κ1) is 13.1. The zero-order valence-corrected chi connectivity index (χ0v) is 11.2. The Balaban J connectivity index is 1.89. The fourth-order valence-electron chi connectivity index (χ4n) is 2.14. The van der Waals surface area contributed by atoms with Gasteiger partial charge in [-0.25, -0.2) is 0 Å². The number of hydrogen-bond acceptors (Lipinski definition) is 4. The first-order chi connectivity index (χ1) is 10.3. The first-order valence-electron chi connectivity index (χ1n) is 6.49. The van der Waals surface area contributed by atoms with Gasteiger partial charge in [0, 0.05) is 40.1 Å². The van der Waals surface area contributed by atoms with E-state index in [2.05, 4.69) is 15.7 Å². The summed E-state index contributed by atoms with van der Waals surface area (Å²) in [5.41, 5.74) is 4.62. The maximum Gasteiger partial charge on any atom is 0.255 e. The molecule has 0 aliphatic carbocycles. The molecule has 1 heterocycles. The van der Waals surface area contributed by atoms with Crippen LogP contribution >= 0.6 is 0 Å². The number of nitrogens with two attached hydrogens (primary N) is 1. The number of benzene rings is 2. The van der Waals surface area contributed by atoms with Gasteiger partial charge in [0.05, 0.1) is 0 Å². The minimum Gasteiger partial charge on any atom is -0.324 e. The van der Waals surface area contributed by atoms with E-state index in [1.165, 1.54) is 0 Å². The number of nitrogens with one attached hydrogen (secondary N) is 2. The molecular weight excluding hydrogens is 264 g/mol. The summed E-state index contributed by atoms with van der Waals surface area (Å²) in [6, 6.07) is 14.5. The number of nitrogens with zero attached hydrogens (tertiary/aromatic N) is 1. The summed E-state index contributed by atoms with van der Waals surface area (Å²) >= 11 is 0. The van der Waals surface area contributed by atoms with Crippen LogP contribution in [0.15, 0.2) is 60.9 Å². The number of anilines is 2. The maximum absolute atomic E-state index is 12.3. The number of aromatic nitrogens is 1. The van der Waals surface area contributed by atoms with Crippen molar-refractivity contribution in [1.82, 2.24) is 4.98 Å². The zero-order valence-electron chi connectivity index (χ0n) is 11.2. The average molecular weight is 278 g/mol. The summed E-state index contributed by atoms with van der Waals surface area (Å²) in [5, 5.41) is 4.86. The lowest BCUT2D eigenvalue weighted by Gasteiger charge is -2.09. The van der Waals surface area contributed by atoms with Gasteiger partial charge in [0.2, 0.25) is 0 Å². The van der Waals surface area contributed by atoms with Gasteiger partial charge in [-0.1, -0.05) is 12.1 Å². The van der Waals surface area contributed by atoms with Crippen LogP contribution in [0.5, 0.6) is 0 Å². The molecule has 3 rings (SSSR count). The number of hydrazine groups is 1. The van der Waals surface area contributed by atoms with Crippen molar-refractivity contribution in [3.05, 3.63) is 66.5 Å². The van der Waals surface area contributed by atoms with Crippen molar-refractivity contribution in [2.45, 2.75) is 0 Å². The highest BCUT2D eigenvalue weighted by atomic mass is 16.1. The fourth-order valence-corrected chi connectivity index (χ4v) is 2.14. The highest BCUT2D eigenvalue weighted by Gasteiger charge is 2.08. The average Bonchev–Trinajstić information content (AvgIpc) is 2.55. The highest BCUT2D eigenvalue weighted by Crippen LogP contribution is 2.22. The molecule has 0 saturated carbocycles. The summed E-state index contributed by atoms with van der Waals surface area (Å²) in [5.74, 6) is 5.14. The van der Waals surface area contributed by atoms with Gasteiger partial charge in [0.1, 0.15) is 0 Å². The van der Waals surface area contributed by atoms with Gasteiger partial charge in [-0.2, -0.15) is 0 Å². The van der Waals surface area contributed by atoms with E-state index in [1.807, 2.05) is 24.3 Å². The summed E-state index contributed by atoms with van der Waals surface area (Å²) in [6.07, 6.45) is 3.48. The van der Waals surface area contributed by atoms with Crippen LogP contribution in [0.1, 0.15) is 10.4 Å². The Morgan fingerprint density at radius 2 is 1.86 bits per heavy atom. The topological polar surface area (TPSA) is 80.0 Å². The Morgan fingerprint density at radius 3 is 2.62 bits per heavy atom. The molecule has 1 aromatic heterocycles. The third-order valence-electron chi connectivity index (χ3n) is 3.24. The minimum absolute atomic E-state index is 0.164. The SMILES string of the molecule is NNc1ccc(C(=O)Nc2cccc3cnccc23)cc1. The minimum atomic E-state index is -0.164. The van der Waals surface area contributed by atoms with Gasteiger partial charge < -0.3 is 10.7 Å². The number of nitrogen functional groups attached to an aromatic ring is 1. The largest absolute Gasteiger partial charge is 0.324 e. The first-order valence-corrected chi connectivity index (χ1v) is 6.49. The Bertz CT molecular complexity index is 778. The molecule has 1 amide bonds. The Morgan fingerprint density at radius 1 is 1.05 bits per heavy atom. The Kier molecular flexibility index (Phi) is 3.49. The number of rotatable bonds is 3. The monoisotopic (exact) mass is 278 g/mol. The van der Waals surface area contributed by atoms with Crippen LogP contribution in [0.25, 0.3) is 10.8 Å². The van der Waals surface area contributed by atoms with Gasteiger partial charge in [-0.3, -0.25) is 15.6 Å². The number of fused-ring (bicyclic) bond motifs is 1. The predicted octanol–water partition coefficient (Wildman–Crippen LogP) is 2.77. The van der Waals surface area contributed by atoms with Crippen LogP contribution in [-0.2, 0) is 0 Å². The molecular formula is C16H14N4O. The predicted molar refractivity (Wildman–Crippen MR) is 83.9 cm³/mol. The molecule has 5 heteroatoms. The second-order valence-corrected chi connectivity index (χ2v) is 4.58. The van der Waals surface area contributed by atoms with Crippen LogP contribution in [0.2, 0.25) is 0 Å². The zero-order chi connectivity index (χ0) is 14.7. The lowest BCUT2D eigenvalue weighted by Crippen LogP contribution is -2.12. The molecule has 0 aliphatic heterocycles. The number of carbonyl (C=O) groups excluding carboxylic acids is 1. The molecule has 0 radical (unpaired) electrons. The third-order valence-corrected chi connectivity index (χ3v) is 3.24. The standard InChI is InChI=1S/C16H14N4O/c17-20-13-6-4-11(5-7-13)16(21)19-15-3-1-2-12-10-18-9-8-14(12)15/h1-10,20H,17H2,(H,19,21). The van der Waals surface area contributed by atoms with Crippen molar-refractivity contribution >= 4 is 28.1 Å². The van der Waals surface area contributed by atoms with E-state index >= 15 is 0 Å². The van der Waals surface area contributed by atoms with E-state index in [9.17, 15) is 4.79 Å². The fraction of sp³-hybridized carbons (Fsp3) is 0. The Labute approximate surface area is 121 Å². The second kappa shape index (κ2) is 5.60. The molecule has 3 aromatic rings. The second-order valence-electron chi connectivity index (χ2n) is 4.58. The van der Waals surface area contributed by atoms with Crippen LogP contribution in [-0.4, -0.2) is 10.9 Å². The van der Waals surface area contributed by atoms with Crippen molar-refractivity contribution in [1.29, 1.82) is 0 Å². The van der Waals surface area contributed by atoms with Gasteiger partial charge >= 0.3 is 0 Å². The normalized spacial score (nSPS) is 10.3. The van der Waals surface area contributed by atoms with Crippen LogP contribution in [0, 0.1) is 0 Å². The lowest BCUT2D eigenvalue weighted by molar-refractivity contribution is 0.102. The van der Waals surface area contributed by atoms with Gasteiger partial charge in [0.15, 0.2) is 0 Å². The van der Waals surface area contributed by atoms with E-state index in [4.69, 9.17) is 5.84 Å². The molecule has 21 heavy (non-hydrogen) atoms. The third kappa shape index (κ3) is 2.68. The maximum atomic E-state index is 12.3. The van der Waals surface area contributed by atoms with Crippen molar-refractivity contribution in [3.63, 3.8) is 0 Å². The number of pyridine rings is 1. The van der Waals surface area contributed by atoms with Gasteiger partial charge in [-0.15, -0.1) is 0 Å². The van der Waals surface area contributed by atoms with Gasteiger partial charge in [0.25, 0.3) is 5.91 Å². The highest BCUT2D eigenvalue weighted by molar-refractivity contribution is 6.09. The summed E-state index contributed by atoms with van der Waals surface area (Å²) in [6.45, 7) is 0. The molecule has 4 N–H and O–H groups in total. The Hall–Kier alpha value is -2.92.